The molecule has 5 aromatic carbocycles. The number of carbonyl (C=O) groups excluding carboxylic acids is 5. The van der Waals surface area contributed by atoms with Crippen LogP contribution in [-0.4, -0.2) is 209 Å². The van der Waals surface area contributed by atoms with Crippen molar-refractivity contribution in [3.63, 3.8) is 0 Å². The highest BCUT2D eigenvalue weighted by molar-refractivity contribution is 5.95. The average molecular weight is 1480 g/mol. The number of phenols is 5. The fourth-order valence-corrected chi connectivity index (χ4v) is 13.5. The van der Waals surface area contributed by atoms with Crippen LogP contribution in [0.5, 0.6) is 34.5 Å². The highest BCUT2D eigenvalue weighted by Crippen LogP contribution is 2.31. The Morgan fingerprint density at radius 1 is 0.402 bits per heavy atom. The summed E-state index contributed by atoms with van der Waals surface area (Å²) in [5.74, 6) is 2.42. The van der Waals surface area contributed by atoms with Gasteiger partial charge in [-0.15, -0.1) is 0 Å². The van der Waals surface area contributed by atoms with E-state index >= 15 is 0 Å². The molecule has 0 bridgehead atoms. The zero-order valence-electron chi connectivity index (χ0n) is 63.9. The molecule has 10 N–H and O–H groups in total. The summed E-state index contributed by atoms with van der Waals surface area (Å²) in [6.45, 7) is 22.0. The Hall–Kier alpha value is -9.25. The van der Waals surface area contributed by atoms with Gasteiger partial charge in [-0.3, -0.25) is 24.0 Å². The van der Waals surface area contributed by atoms with E-state index in [-0.39, 0.29) is 115 Å². The van der Waals surface area contributed by atoms with Gasteiger partial charge in [0.2, 0.25) is 29.5 Å². The molecule has 5 saturated heterocycles. The average Bonchev–Trinajstić information content (AvgIpc) is 0.822. The van der Waals surface area contributed by atoms with Crippen molar-refractivity contribution in [2.24, 2.45) is 23.7 Å². The lowest BCUT2D eigenvalue weighted by Gasteiger charge is -2.41. The largest absolute Gasteiger partial charge is 0.507 e. The number of aromatic hydroxyl groups is 5. The maximum atomic E-state index is 12.5. The van der Waals surface area contributed by atoms with Crippen LogP contribution in [0.3, 0.4) is 0 Å². The smallest absolute Gasteiger partial charge is 0.247 e. The minimum atomic E-state index is -0.108. The molecule has 582 valence electrons. The zero-order chi connectivity index (χ0) is 78.1. The summed E-state index contributed by atoms with van der Waals surface area (Å²) in [7, 11) is 0. The second-order valence-electron chi connectivity index (χ2n) is 29.0. The Kier molecular flexibility index (Phi) is 36.3. The predicted octanol–water partition coefficient (Wildman–Crippen LogP) is 11.8. The van der Waals surface area contributed by atoms with Crippen molar-refractivity contribution in [2.45, 2.75) is 157 Å². The highest BCUT2D eigenvalue weighted by Gasteiger charge is 2.33. The molecule has 107 heavy (non-hydrogen) atoms. The molecule has 10 rings (SSSR count). The van der Waals surface area contributed by atoms with Crippen molar-refractivity contribution < 1.29 is 79.8 Å². The normalized spacial score (nSPS) is 18.9. The number of aliphatic hydroxyl groups excluding tert-OH is 5. The van der Waals surface area contributed by atoms with E-state index in [1.165, 1.54) is 30.4 Å². The number of amides is 5. The van der Waals surface area contributed by atoms with Crippen LogP contribution in [-0.2, 0) is 24.0 Å². The molecular formula is C86H117N5O16. The quantitative estimate of drug-likeness (QED) is 0.0271. The third-order valence-corrected chi connectivity index (χ3v) is 20.5. The van der Waals surface area contributed by atoms with Gasteiger partial charge in [0.15, 0.2) is 0 Å². The molecule has 5 heterocycles. The first kappa shape index (κ1) is 86.7. The molecule has 5 amide bonds. The van der Waals surface area contributed by atoms with E-state index < -0.39 is 0 Å². The summed E-state index contributed by atoms with van der Waals surface area (Å²) in [6.07, 6.45) is 27.4. The number of phenolic OH excluding ortho intramolecular Hbond substituents is 5. The first-order valence-electron chi connectivity index (χ1n) is 37.9. The van der Waals surface area contributed by atoms with E-state index in [4.69, 9.17) is 20.1 Å². The van der Waals surface area contributed by atoms with E-state index in [2.05, 4.69) is 6.92 Å². The van der Waals surface area contributed by atoms with Crippen molar-refractivity contribution >= 4 is 59.9 Å². The van der Waals surface area contributed by atoms with Gasteiger partial charge in [-0.25, -0.2) is 0 Å². The van der Waals surface area contributed by atoms with Gasteiger partial charge >= 0.3 is 0 Å². The third-order valence-electron chi connectivity index (χ3n) is 20.5. The number of piperidine rings is 5. The van der Waals surface area contributed by atoms with Crippen LogP contribution in [0, 0.1) is 58.3 Å². The molecule has 5 aliphatic rings. The van der Waals surface area contributed by atoms with Crippen molar-refractivity contribution in [3.8, 4) is 34.5 Å². The summed E-state index contributed by atoms with van der Waals surface area (Å²) in [4.78, 5) is 69.9. The number of carbonyl (C=O) groups is 5. The molecular weight excluding hydrogens is 1360 g/mol. The fraction of sp³-hybridized carbons (Fsp3) is 0.477. The highest BCUT2D eigenvalue weighted by atomic mass is 16.5. The van der Waals surface area contributed by atoms with E-state index in [1.54, 1.807) is 111 Å². The van der Waals surface area contributed by atoms with E-state index in [1.807, 2.05) is 77.6 Å². The first-order valence-corrected chi connectivity index (χ1v) is 37.9. The number of hydrogen-bond donors (Lipinski definition) is 10. The van der Waals surface area contributed by atoms with Crippen LogP contribution in [0.1, 0.15) is 160 Å². The monoisotopic (exact) mass is 1480 g/mol. The Morgan fingerprint density at radius 2 is 0.757 bits per heavy atom. The minimum absolute atomic E-state index is 0.00929. The van der Waals surface area contributed by atoms with Crippen molar-refractivity contribution in [2.75, 3.05) is 85.5 Å². The number of nitrogens with zero attached hydrogens (tertiary/aromatic N) is 5. The summed E-state index contributed by atoms with van der Waals surface area (Å²) in [5, 5.41) is 95.3. The molecule has 0 spiro atoms. The topological polar surface area (TPSA) is 313 Å². The van der Waals surface area contributed by atoms with Gasteiger partial charge in [-0.2, -0.15) is 0 Å². The van der Waals surface area contributed by atoms with Crippen LogP contribution in [0.15, 0.2) is 115 Å². The molecule has 0 aromatic heterocycles. The second kappa shape index (κ2) is 44.8. The lowest BCUT2D eigenvalue weighted by atomic mass is 9.87. The summed E-state index contributed by atoms with van der Waals surface area (Å²) in [6, 6.07) is 25.0. The zero-order valence-corrected chi connectivity index (χ0v) is 63.9. The summed E-state index contributed by atoms with van der Waals surface area (Å²) < 4.78 is 5.54. The lowest BCUT2D eigenvalue weighted by molar-refractivity contribution is -0.133. The van der Waals surface area contributed by atoms with Crippen LogP contribution >= 0.6 is 0 Å². The van der Waals surface area contributed by atoms with Gasteiger partial charge in [-0.1, -0.05) is 49.7 Å². The number of likely N-dealkylation sites (tertiary alicyclic amines) is 5. The second-order valence-corrected chi connectivity index (χ2v) is 29.0. The van der Waals surface area contributed by atoms with Crippen molar-refractivity contribution in [3.05, 3.63) is 171 Å². The molecule has 5 aliphatic heterocycles. The SMILES string of the molecule is CCCCOc1ccc(/C=C/C(=O)N2CCC(CO)CC2)c(O)c1.Cc1cc(O)c(/C=C/C(=O)N2CCC(CO)CC2)cc1C.Cc1ccc(/C=C/C(=O)N2C(C)CC(CO)CC2C)c(O)c1.Cc1ccc(/C=C/C(=O)N2CCC(CO)CC2)c(O)c1.Cc1ccc(/C=C/C(=O)N2CCCCC2CO)c(O)c1. The predicted molar refractivity (Wildman–Crippen MR) is 421 cm³/mol. The Balaban J connectivity index is 0.000000210. The van der Waals surface area contributed by atoms with Gasteiger partial charge in [-0.05, 0) is 250 Å². The number of rotatable bonds is 19. The fourth-order valence-electron chi connectivity index (χ4n) is 13.5. The van der Waals surface area contributed by atoms with E-state index in [9.17, 15) is 59.7 Å². The lowest BCUT2D eigenvalue weighted by Crippen LogP contribution is -2.49. The molecule has 21 heteroatoms. The maximum Gasteiger partial charge on any atom is 0.247 e. The van der Waals surface area contributed by atoms with Crippen LogP contribution in [0.2, 0.25) is 0 Å². The van der Waals surface area contributed by atoms with Crippen molar-refractivity contribution in [1.29, 1.82) is 0 Å². The van der Waals surface area contributed by atoms with Gasteiger partial charge in [0.1, 0.15) is 34.5 Å². The number of unbranched alkanes of at least 4 members (excludes halogenated alkanes) is 1. The molecule has 0 radical (unpaired) electrons. The van der Waals surface area contributed by atoms with Gasteiger partial charge in [0.05, 0.1) is 19.3 Å². The summed E-state index contributed by atoms with van der Waals surface area (Å²) in [5.41, 5.74) is 8.23. The van der Waals surface area contributed by atoms with Crippen LogP contribution in [0.4, 0.5) is 0 Å². The van der Waals surface area contributed by atoms with Gasteiger partial charge in [0, 0.05) is 149 Å². The van der Waals surface area contributed by atoms with Crippen molar-refractivity contribution in [1.82, 2.24) is 24.5 Å². The van der Waals surface area contributed by atoms with E-state index in [0.717, 1.165) is 111 Å². The molecule has 0 aliphatic carbocycles. The minimum Gasteiger partial charge on any atom is -0.507 e. The Morgan fingerprint density at radius 3 is 1.13 bits per heavy atom. The van der Waals surface area contributed by atoms with E-state index in [0.29, 0.717) is 104 Å². The molecule has 5 fully saturated rings. The van der Waals surface area contributed by atoms with Crippen LogP contribution < -0.4 is 4.74 Å². The van der Waals surface area contributed by atoms with Crippen LogP contribution in [0.25, 0.3) is 30.4 Å². The Labute approximate surface area is 632 Å². The number of benzene rings is 5. The molecule has 5 aromatic rings. The molecule has 21 nitrogen and oxygen atoms in total. The molecule has 3 unspecified atom stereocenters. The number of aliphatic hydroxyl groups is 5. The standard InChI is InChI=1S/C19H27NO4.C18H25NO3.C17H23NO3.2C16H21NO3/c1-2-3-12-24-17-6-4-16(18(22)13-17)5-7-19(23)20-10-8-15(14-21)9-11-20;1-12-4-5-16(17(21)8-12)6-7-18(22)19-13(2)9-15(11-20)10-14(19)3;1-12-9-15(16(20)10-13(12)2)3-4-17(21)18-7-5-14(11-19)6-8-18;1-12-2-3-14(15(19)10-12)4-5-16(20)17-8-6-13(11-18)7-9-17;1-12-5-6-13(15(19)10-12)7-8-16(20)17-9-3-2-4-14(17)11-18/h4-7,13,15,21-22H,2-3,8-12,14H2,1H3;4-8,13-15,20-21H,9-11H2,1-3H3;3-4,9-10,14,19-20H,5-8,11H2,1-2H3;2-5,10,13,18-19H,6-9,11H2,1H3;5-8,10,14,18-19H,2-4,9,11H2,1H3/b7-5+;7-6+;4-3+;5-4+;8-7+. The molecule has 3 atom stereocenters. The Bertz CT molecular complexity index is 3810. The molecule has 0 saturated carbocycles. The van der Waals surface area contributed by atoms with Gasteiger partial charge < -0.3 is 80.3 Å². The summed E-state index contributed by atoms with van der Waals surface area (Å²) >= 11 is 0. The number of aryl methyl sites for hydroxylation is 5. The number of ether oxygens (including phenoxy) is 1. The number of hydrogen-bond acceptors (Lipinski definition) is 16. The van der Waals surface area contributed by atoms with Gasteiger partial charge in [0.25, 0.3) is 0 Å². The first-order chi connectivity index (χ1) is 51.3. The third kappa shape index (κ3) is 28.1. The maximum absolute atomic E-state index is 12.5.